The summed E-state index contributed by atoms with van der Waals surface area (Å²) >= 11 is 0. The number of aromatic nitrogens is 1. The van der Waals surface area contributed by atoms with Crippen LogP contribution in [0.3, 0.4) is 0 Å². The summed E-state index contributed by atoms with van der Waals surface area (Å²) in [6, 6.07) is 3.65. The van der Waals surface area contributed by atoms with Gasteiger partial charge >= 0.3 is 0 Å². The Labute approximate surface area is 118 Å². The molecule has 5 nitrogen and oxygen atoms in total. The number of nitrogens with one attached hydrogen (secondary N) is 1. The fourth-order valence-electron chi connectivity index (χ4n) is 2.96. The molecule has 2 heterocycles. The molecule has 3 rings (SSSR count). The molecule has 1 aliphatic carbocycles. The Balaban J connectivity index is 1.88. The second kappa shape index (κ2) is 4.58. The van der Waals surface area contributed by atoms with Crippen LogP contribution in [0, 0.1) is 5.92 Å². The quantitative estimate of drug-likeness (QED) is 0.902. The van der Waals surface area contributed by atoms with Crippen LogP contribution in [0.2, 0.25) is 0 Å². The van der Waals surface area contributed by atoms with Crippen LogP contribution in [0.5, 0.6) is 0 Å². The lowest BCUT2D eigenvalue weighted by molar-refractivity contribution is -0.152. The lowest BCUT2D eigenvalue weighted by Gasteiger charge is -2.42. The van der Waals surface area contributed by atoms with Crippen molar-refractivity contribution in [2.45, 2.75) is 38.3 Å². The smallest absolute Gasteiger partial charge is 0.249 e. The zero-order chi connectivity index (χ0) is 14.3. The van der Waals surface area contributed by atoms with E-state index in [9.17, 15) is 9.59 Å². The first-order valence-corrected chi connectivity index (χ1v) is 7.04. The van der Waals surface area contributed by atoms with Gasteiger partial charge in [0, 0.05) is 12.4 Å². The Hall–Kier alpha value is -1.91. The molecule has 0 aromatic carbocycles. The van der Waals surface area contributed by atoms with Gasteiger partial charge in [0.15, 0.2) is 0 Å². The first-order valence-electron chi connectivity index (χ1n) is 7.04. The van der Waals surface area contributed by atoms with Crippen LogP contribution in [0.15, 0.2) is 24.5 Å². The van der Waals surface area contributed by atoms with Crippen LogP contribution >= 0.6 is 0 Å². The molecule has 1 aromatic rings. The number of rotatable bonds is 3. The lowest BCUT2D eigenvalue weighted by Crippen LogP contribution is -2.66. The molecule has 2 atom stereocenters. The molecule has 1 N–H and O–H groups in total. The highest BCUT2D eigenvalue weighted by atomic mass is 16.2. The maximum Gasteiger partial charge on any atom is 0.249 e. The number of amides is 2. The molecule has 0 spiro atoms. The number of pyridine rings is 1. The monoisotopic (exact) mass is 273 g/mol. The Morgan fingerprint density at radius 1 is 1.45 bits per heavy atom. The predicted octanol–water partition coefficient (Wildman–Crippen LogP) is 1.27. The molecule has 0 bridgehead atoms. The fourth-order valence-corrected chi connectivity index (χ4v) is 2.96. The van der Waals surface area contributed by atoms with E-state index in [0.717, 1.165) is 18.4 Å². The van der Waals surface area contributed by atoms with E-state index >= 15 is 0 Å². The summed E-state index contributed by atoms with van der Waals surface area (Å²) in [5.74, 6) is 0.230. The minimum absolute atomic E-state index is 0.0240. The molecule has 2 amide bonds. The van der Waals surface area contributed by atoms with Crippen LogP contribution in [0.25, 0.3) is 0 Å². The Morgan fingerprint density at radius 3 is 2.80 bits per heavy atom. The third-order valence-corrected chi connectivity index (χ3v) is 4.45. The van der Waals surface area contributed by atoms with Gasteiger partial charge in [-0.15, -0.1) is 0 Å². The average Bonchev–Trinajstić information content (AvgIpc) is 3.28. The van der Waals surface area contributed by atoms with Crippen LogP contribution in [-0.2, 0) is 9.59 Å². The Morgan fingerprint density at radius 2 is 2.20 bits per heavy atom. The summed E-state index contributed by atoms with van der Waals surface area (Å²) in [7, 11) is 0. The van der Waals surface area contributed by atoms with E-state index in [1.165, 1.54) is 0 Å². The molecule has 1 saturated carbocycles. The van der Waals surface area contributed by atoms with Gasteiger partial charge in [-0.05, 0) is 44.2 Å². The summed E-state index contributed by atoms with van der Waals surface area (Å²) in [4.78, 5) is 30.5. The van der Waals surface area contributed by atoms with Crippen molar-refractivity contribution in [3.63, 3.8) is 0 Å². The van der Waals surface area contributed by atoms with Crippen molar-refractivity contribution < 1.29 is 9.59 Å². The number of hydrogen-bond acceptors (Lipinski definition) is 3. The van der Waals surface area contributed by atoms with Crippen LogP contribution < -0.4 is 5.32 Å². The van der Waals surface area contributed by atoms with Gasteiger partial charge in [-0.1, -0.05) is 6.07 Å². The number of nitrogens with zero attached hydrogens (tertiary/aromatic N) is 2. The van der Waals surface area contributed by atoms with E-state index in [0.29, 0.717) is 0 Å². The van der Waals surface area contributed by atoms with E-state index in [4.69, 9.17) is 0 Å². The van der Waals surface area contributed by atoms with Crippen LogP contribution in [0.4, 0.5) is 0 Å². The normalized spacial score (nSPS) is 28.2. The van der Waals surface area contributed by atoms with Crippen LogP contribution in [0.1, 0.15) is 38.3 Å². The standard InChI is InChI=1S/C15H19N3O2/c1-10(11-4-3-7-16-8-11)18-9-13(19)17-15(2,14(18)20)12-5-6-12/h3-4,7-8,10,12H,5-6,9H2,1-2H3,(H,17,19). The molecule has 0 radical (unpaired) electrons. The largest absolute Gasteiger partial charge is 0.340 e. The molecule has 20 heavy (non-hydrogen) atoms. The zero-order valence-electron chi connectivity index (χ0n) is 11.8. The van der Waals surface area contributed by atoms with Gasteiger partial charge in [-0.25, -0.2) is 0 Å². The van der Waals surface area contributed by atoms with Crippen molar-refractivity contribution in [1.82, 2.24) is 15.2 Å². The first-order chi connectivity index (χ1) is 9.52. The molecular formula is C15H19N3O2. The third kappa shape index (κ3) is 2.07. The predicted molar refractivity (Wildman–Crippen MR) is 73.6 cm³/mol. The molecule has 1 aromatic heterocycles. The summed E-state index contributed by atoms with van der Waals surface area (Å²) < 4.78 is 0. The maximum atomic E-state index is 12.8. The Bertz CT molecular complexity index is 541. The van der Waals surface area contributed by atoms with Gasteiger partial charge in [0.2, 0.25) is 11.8 Å². The third-order valence-electron chi connectivity index (χ3n) is 4.45. The summed E-state index contributed by atoms with van der Waals surface area (Å²) in [5, 5.41) is 2.90. The fraction of sp³-hybridized carbons (Fsp3) is 0.533. The minimum atomic E-state index is -0.730. The lowest BCUT2D eigenvalue weighted by atomic mass is 9.90. The van der Waals surface area contributed by atoms with Gasteiger partial charge < -0.3 is 10.2 Å². The molecule has 2 aliphatic rings. The Kier molecular flexibility index (Phi) is 3.00. The van der Waals surface area contributed by atoms with E-state index in [1.807, 2.05) is 26.0 Å². The van der Waals surface area contributed by atoms with E-state index in [-0.39, 0.29) is 30.3 Å². The summed E-state index contributed by atoms with van der Waals surface area (Å²) in [6.45, 7) is 3.92. The number of piperazine rings is 1. The van der Waals surface area contributed by atoms with Gasteiger partial charge in [0.1, 0.15) is 12.1 Å². The van der Waals surface area contributed by atoms with Crippen LogP contribution in [-0.4, -0.2) is 33.8 Å². The van der Waals surface area contributed by atoms with Crippen molar-refractivity contribution in [3.8, 4) is 0 Å². The summed E-state index contributed by atoms with van der Waals surface area (Å²) in [6.07, 6.45) is 5.48. The highest BCUT2D eigenvalue weighted by Gasteiger charge is 2.53. The van der Waals surface area contributed by atoms with Crippen molar-refractivity contribution in [1.29, 1.82) is 0 Å². The average molecular weight is 273 g/mol. The van der Waals surface area contributed by atoms with Crippen molar-refractivity contribution in [2.75, 3.05) is 6.54 Å². The number of carbonyl (C=O) groups is 2. The molecule has 5 heteroatoms. The van der Waals surface area contributed by atoms with Gasteiger partial charge in [0.05, 0.1) is 6.04 Å². The second-order valence-corrected chi connectivity index (χ2v) is 5.92. The second-order valence-electron chi connectivity index (χ2n) is 5.92. The van der Waals surface area contributed by atoms with Gasteiger partial charge in [-0.3, -0.25) is 14.6 Å². The number of carbonyl (C=O) groups excluding carboxylic acids is 2. The molecule has 106 valence electrons. The number of hydrogen-bond donors (Lipinski definition) is 1. The van der Waals surface area contributed by atoms with Gasteiger partial charge in [-0.2, -0.15) is 0 Å². The molecule has 2 unspecified atom stereocenters. The van der Waals surface area contributed by atoms with E-state index in [1.54, 1.807) is 17.3 Å². The highest BCUT2D eigenvalue weighted by Crippen LogP contribution is 2.42. The summed E-state index contributed by atoms with van der Waals surface area (Å²) in [5.41, 5.74) is 0.222. The first kappa shape index (κ1) is 13.1. The minimum Gasteiger partial charge on any atom is -0.340 e. The van der Waals surface area contributed by atoms with Gasteiger partial charge in [0.25, 0.3) is 0 Å². The van der Waals surface area contributed by atoms with E-state index in [2.05, 4.69) is 10.3 Å². The zero-order valence-corrected chi connectivity index (χ0v) is 11.8. The van der Waals surface area contributed by atoms with Crippen molar-refractivity contribution in [2.24, 2.45) is 5.92 Å². The molecule has 1 saturated heterocycles. The topological polar surface area (TPSA) is 62.3 Å². The molecule has 2 fully saturated rings. The van der Waals surface area contributed by atoms with Crippen molar-refractivity contribution >= 4 is 11.8 Å². The molecular weight excluding hydrogens is 254 g/mol. The highest BCUT2D eigenvalue weighted by molar-refractivity contribution is 5.98. The van der Waals surface area contributed by atoms with E-state index < -0.39 is 5.54 Å². The van der Waals surface area contributed by atoms with Crippen molar-refractivity contribution in [3.05, 3.63) is 30.1 Å². The maximum absolute atomic E-state index is 12.8. The molecule has 1 aliphatic heterocycles. The SMILES string of the molecule is CC(c1cccnc1)N1CC(=O)NC(C)(C2CC2)C1=O.